The third-order valence-electron chi connectivity index (χ3n) is 4.42. The van der Waals surface area contributed by atoms with Gasteiger partial charge in [0.1, 0.15) is 11.3 Å². The molecule has 0 saturated carbocycles. The summed E-state index contributed by atoms with van der Waals surface area (Å²) in [7, 11) is 0. The maximum Gasteiger partial charge on any atom is 0.339 e. The highest BCUT2D eigenvalue weighted by molar-refractivity contribution is 6.32. The number of hydrogen-bond acceptors (Lipinski definition) is 2. The van der Waals surface area contributed by atoms with Crippen molar-refractivity contribution in [3.63, 3.8) is 0 Å². The van der Waals surface area contributed by atoms with E-state index in [1.807, 2.05) is 25.1 Å². The van der Waals surface area contributed by atoms with Crippen molar-refractivity contribution in [1.82, 2.24) is 4.98 Å². The van der Waals surface area contributed by atoms with Gasteiger partial charge in [0, 0.05) is 21.5 Å². The van der Waals surface area contributed by atoms with Crippen molar-refractivity contribution in [2.24, 2.45) is 0 Å². The minimum absolute atomic E-state index is 0.116. The van der Waals surface area contributed by atoms with Gasteiger partial charge in [-0.1, -0.05) is 36.7 Å². The van der Waals surface area contributed by atoms with E-state index in [1.54, 1.807) is 13.0 Å². The minimum atomic E-state index is -1.04. The van der Waals surface area contributed by atoms with Crippen molar-refractivity contribution in [2.45, 2.75) is 27.2 Å². The van der Waals surface area contributed by atoms with Gasteiger partial charge in [-0.15, -0.1) is 0 Å². The van der Waals surface area contributed by atoms with Gasteiger partial charge in [0.2, 0.25) is 0 Å². The Morgan fingerprint density at radius 3 is 2.64 bits per heavy atom. The SMILES string of the molecule is CCOc1c(-c2[nH]c3ccccc3c2CC)cc(Cl)c(C)c1C(=O)O. The second-order valence-corrected chi connectivity index (χ2v) is 6.26. The molecule has 25 heavy (non-hydrogen) atoms. The van der Waals surface area contributed by atoms with E-state index in [0.29, 0.717) is 28.5 Å². The van der Waals surface area contributed by atoms with E-state index in [2.05, 4.69) is 18.0 Å². The molecule has 1 heterocycles. The smallest absolute Gasteiger partial charge is 0.339 e. The second kappa shape index (κ2) is 6.81. The van der Waals surface area contributed by atoms with Crippen LogP contribution in [0.4, 0.5) is 0 Å². The summed E-state index contributed by atoms with van der Waals surface area (Å²) in [6, 6.07) is 9.82. The zero-order valence-corrected chi connectivity index (χ0v) is 15.2. The van der Waals surface area contributed by atoms with Gasteiger partial charge >= 0.3 is 5.97 Å². The standard InChI is InChI=1S/C20H20ClNO3/c1-4-12-13-8-6-7-9-16(13)22-18(12)14-10-15(21)11(3)17(20(23)24)19(14)25-5-2/h6-10,22H,4-5H2,1-3H3,(H,23,24). The maximum absolute atomic E-state index is 11.8. The van der Waals surface area contributed by atoms with Gasteiger partial charge in [0.15, 0.2) is 0 Å². The number of aromatic nitrogens is 1. The molecule has 0 atom stereocenters. The second-order valence-electron chi connectivity index (χ2n) is 5.85. The van der Waals surface area contributed by atoms with Crippen LogP contribution in [0.25, 0.3) is 22.2 Å². The van der Waals surface area contributed by atoms with Crippen LogP contribution in [-0.2, 0) is 6.42 Å². The van der Waals surface area contributed by atoms with Crippen LogP contribution in [-0.4, -0.2) is 22.7 Å². The quantitative estimate of drug-likeness (QED) is 0.637. The number of aromatic carboxylic acids is 1. The zero-order valence-electron chi connectivity index (χ0n) is 14.4. The Hall–Kier alpha value is -2.46. The van der Waals surface area contributed by atoms with Crippen molar-refractivity contribution in [1.29, 1.82) is 0 Å². The molecule has 0 aliphatic carbocycles. The third kappa shape index (κ3) is 2.87. The molecule has 0 aliphatic heterocycles. The number of halogens is 1. The lowest BCUT2D eigenvalue weighted by Crippen LogP contribution is -2.08. The molecule has 0 saturated heterocycles. The number of carboxylic acid groups (broad SMARTS) is 1. The summed E-state index contributed by atoms with van der Waals surface area (Å²) in [6.07, 6.45) is 0.804. The van der Waals surface area contributed by atoms with Crippen LogP contribution in [0.3, 0.4) is 0 Å². The fraction of sp³-hybridized carbons (Fsp3) is 0.250. The summed E-state index contributed by atoms with van der Waals surface area (Å²) in [5, 5.41) is 11.2. The highest BCUT2D eigenvalue weighted by Crippen LogP contribution is 2.41. The fourth-order valence-corrected chi connectivity index (χ4v) is 3.46. The van der Waals surface area contributed by atoms with E-state index in [-0.39, 0.29) is 5.56 Å². The molecule has 1 aromatic heterocycles. The summed E-state index contributed by atoms with van der Waals surface area (Å²) < 4.78 is 5.76. The molecule has 3 rings (SSSR count). The van der Waals surface area contributed by atoms with Crippen LogP contribution in [0.2, 0.25) is 5.02 Å². The lowest BCUT2D eigenvalue weighted by molar-refractivity contribution is 0.0692. The third-order valence-corrected chi connectivity index (χ3v) is 4.81. The average molecular weight is 358 g/mol. The van der Waals surface area contributed by atoms with E-state index in [9.17, 15) is 9.90 Å². The van der Waals surface area contributed by atoms with Crippen LogP contribution in [0, 0.1) is 6.92 Å². The van der Waals surface area contributed by atoms with Gasteiger partial charge in [-0.2, -0.15) is 0 Å². The molecule has 130 valence electrons. The first-order valence-corrected chi connectivity index (χ1v) is 8.66. The largest absolute Gasteiger partial charge is 0.492 e. The van der Waals surface area contributed by atoms with Crippen molar-refractivity contribution in [2.75, 3.05) is 6.61 Å². The zero-order chi connectivity index (χ0) is 18.1. The molecule has 0 unspecified atom stereocenters. The predicted molar refractivity (Wildman–Crippen MR) is 101 cm³/mol. The molecule has 0 bridgehead atoms. The van der Waals surface area contributed by atoms with Gasteiger partial charge in [-0.3, -0.25) is 0 Å². The summed E-state index contributed by atoms with van der Waals surface area (Å²) in [6.45, 7) is 5.98. The predicted octanol–water partition coefficient (Wildman–Crippen LogP) is 5.46. The van der Waals surface area contributed by atoms with Crippen molar-refractivity contribution < 1.29 is 14.6 Å². The molecule has 2 aromatic carbocycles. The van der Waals surface area contributed by atoms with Crippen LogP contribution in [0.5, 0.6) is 5.75 Å². The van der Waals surface area contributed by atoms with Crippen LogP contribution < -0.4 is 4.74 Å². The van der Waals surface area contributed by atoms with Gasteiger partial charge in [0.05, 0.1) is 12.3 Å². The number of hydrogen-bond donors (Lipinski definition) is 2. The van der Waals surface area contributed by atoms with E-state index in [0.717, 1.165) is 28.6 Å². The fourth-order valence-electron chi connectivity index (χ4n) is 3.26. The van der Waals surface area contributed by atoms with Crippen molar-refractivity contribution >= 4 is 28.5 Å². The van der Waals surface area contributed by atoms with Gasteiger partial charge < -0.3 is 14.8 Å². The Balaban J connectivity index is 2.39. The first-order valence-electron chi connectivity index (χ1n) is 8.28. The van der Waals surface area contributed by atoms with Gasteiger partial charge in [-0.05, 0) is 43.5 Å². The Bertz CT molecular complexity index is 959. The topological polar surface area (TPSA) is 62.3 Å². The monoisotopic (exact) mass is 357 g/mol. The van der Waals surface area contributed by atoms with Crippen LogP contribution >= 0.6 is 11.6 Å². The normalized spacial score (nSPS) is 11.0. The van der Waals surface area contributed by atoms with Crippen molar-refractivity contribution in [3.05, 3.63) is 52.0 Å². The Kier molecular flexibility index (Phi) is 4.73. The Morgan fingerprint density at radius 2 is 2.00 bits per heavy atom. The maximum atomic E-state index is 11.8. The molecule has 4 nitrogen and oxygen atoms in total. The van der Waals surface area contributed by atoms with Crippen molar-refractivity contribution in [3.8, 4) is 17.0 Å². The number of rotatable bonds is 5. The number of ether oxygens (including phenoxy) is 1. The number of carbonyl (C=O) groups is 1. The highest BCUT2D eigenvalue weighted by Gasteiger charge is 2.24. The van der Waals surface area contributed by atoms with E-state index < -0.39 is 5.97 Å². The first-order chi connectivity index (χ1) is 12.0. The molecular formula is C20H20ClNO3. The van der Waals surface area contributed by atoms with E-state index in [1.165, 1.54) is 0 Å². The molecule has 0 spiro atoms. The lowest BCUT2D eigenvalue weighted by Gasteiger charge is -2.16. The number of carboxylic acids is 1. The van der Waals surface area contributed by atoms with Crippen LogP contribution in [0.15, 0.2) is 30.3 Å². The van der Waals surface area contributed by atoms with Gasteiger partial charge in [0.25, 0.3) is 0 Å². The Labute approximate surface area is 151 Å². The number of aromatic amines is 1. The number of benzene rings is 2. The summed E-state index contributed by atoms with van der Waals surface area (Å²) >= 11 is 6.35. The van der Waals surface area contributed by atoms with Crippen LogP contribution in [0.1, 0.15) is 35.3 Å². The summed E-state index contributed by atoms with van der Waals surface area (Å²) in [5.74, 6) is -0.683. The minimum Gasteiger partial charge on any atom is -0.492 e. The number of H-pyrrole nitrogens is 1. The number of aryl methyl sites for hydroxylation is 1. The average Bonchev–Trinajstić information content (AvgIpc) is 2.96. The number of para-hydroxylation sites is 1. The molecule has 2 N–H and O–H groups in total. The number of fused-ring (bicyclic) bond motifs is 1. The molecular weight excluding hydrogens is 338 g/mol. The summed E-state index contributed by atoms with van der Waals surface area (Å²) in [4.78, 5) is 15.2. The van der Waals surface area contributed by atoms with E-state index >= 15 is 0 Å². The Morgan fingerprint density at radius 1 is 1.28 bits per heavy atom. The molecule has 0 aliphatic rings. The molecule has 5 heteroatoms. The highest BCUT2D eigenvalue weighted by atomic mass is 35.5. The number of nitrogens with one attached hydrogen (secondary N) is 1. The van der Waals surface area contributed by atoms with E-state index in [4.69, 9.17) is 16.3 Å². The molecule has 0 amide bonds. The lowest BCUT2D eigenvalue weighted by atomic mass is 9.97. The van der Waals surface area contributed by atoms with Gasteiger partial charge in [-0.25, -0.2) is 4.79 Å². The molecule has 0 fully saturated rings. The molecule has 3 aromatic rings. The summed E-state index contributed by atoms with van der Waals surface area (Å²) in [5.41, 5.74) is 4.29. The molecule has 0 radical (unpaired) electrons. The first kappa shape index (κ1) is 17.4.